The molecule has 22 heavy (non-hydrogen) atoms. The third-order valence-corrected chi connectivity index (χ3v) is 8.10. The first-order chi connectivity index (χ1) is 10.3. The normalized spacial score (nSPS) is 25.0. The quantitative estimate of drug-likeness (QED) is 0.857. The lowest BCUT2D eigenvalue weighted by atomic mass is 10.1. The highest BCUT2D eigenvalue weighted by Crippen LogP contribution is 2.30. The molecule has 0 bridgehead atoms. The van der Waals surface area contributed by atoms with Crippen LogP contribution in [0.25, 0.3) is 0 Å². The van der Waals surface area contributed by atoms with Crippen molar-refractivity contribution in [1.29, 1.82) is 0 Å². The Morgan fingerprint density at radius 3 is 2.82 bits per heavy atom. The van der Waals surface area contributed by atoms with E-state index in [4.69, 9.17) is 0 Å². The number of nitrogens with zero attached hydrogens (tertiary/aromatic N) is 1. The molecule has 2 aliphatic rings. The number of sulfone groups is 1. The molecule has 1 unspecified atom stereocenters. The third-order valence-electron chi connectivity index (χ3n) is 4.44. The average Bonchev–Trinajstić information content (AvgIpc) is 2.82. The largest absolute Gasteiger partial charge is 0.316 e. The van der Waals surface area contributed by atoms with Crippen LogP contribution in [0.1, 0.15) is 18.4 Å². The Morgan fingerprint density at radius 1 is 1.32 bits per heavy atom. The van der Waals surface area contributed by atoms with Gasteiger partial charge in [-0.2, -0.15) is 4.31 Å². The van der Waals surface area contributed by atoms with Gasteiger partial charge in [0, 0.05) is 19.1 Å². The fourth-order valence-electron chi connectivity index (χ4n) is 3.09. The van der Waals surface area contributed by atoms with Gasteiger partial charge in [0.15, 0.2) is 9.84 Å². The zero-order valence-corrected chi connectivity index (χ0v) is 14.1. The number of likely N-dealkylation sites (N-methyl/N-ethyl adjacent to an activating group) is 1. The molecule has 2 heterocycles. The summed E-state index contributed by atoms with van der Waals surface area (Å²) in [5, 5.41) is 3.11. The Hall–Kier alpha value is -0.960. The van der Waals surface area contributed by atoms with Crippen LogP contribution < -0.4 is 5.32 Å². The predicted octanol–water partition coefficient (Wildman–Crippen LogP) is 0.389. The molecule has 1 aromatic rings. The molecular weight excluding hydrogens is 324 g/mol. The summed E-state index contributed by atoms with van der Waals surface area (Å²) in [5.74, 6) is 0.0668. The van der Waals surface area contributed by atoms with Gasteiger partial charge in [-0.1, -0.05) is 6.07 Å². The van der Waals surface area contributed by atoms with Gasteiger partial charge < -0.3 is 5.32 Å². The Kier molecular flexibility index (Phi) is 4.05. The second-order valence-electron chi connectivity index (χ2n) is 5.83. The van der Waals surface area contributed by atoms with Crippen LogP contribution in [-0.4, -0.2) is 53.1 Å². The van der Waals surface area contributed by atoms with Crippen LogP contribution in [0.4, 0.5) is 0 Å². The molecule has 1 fully saturated rings. The molecule has 1 aromatic carbocycles. The van der Waals surface area contributed by atoms with Crippen molar-refractivity contribution in [3.63, 3.8) is 0 Å². The van der Waals surface area contributed by atoms with Crippen molar-refractivity contribution >= 4 is 19.9 Å². The van der Waals surface area contributed by atoms with E-state index in [9.17, 15) is 16.8 Å². The first-order valence-corrected chi connectivity index (χ1v) is 10.5. The maximum atomic E-state index is 12.8. The molecule has 122 valence electrons. The van der Waals surface area contributed by atoms with Crippen LogP contribution in [0.5, 0.6) is 0 Å². The number of fused-ring (bicyclic) bond motifs is 1. The topological polar surface area (TPSA) is 83.6 Å². The molecule has 0 amide bonds. The van der Waals surface area contributed by atoms with Crippen LogP contribution in [0.2, 0.25) is 0 Å². The van der Waals surface area contributed by atoms with Crippen molar-refractivity contribution in [3.8, 4) is 0 Å². The Labute approximate surface area is 131 Å². The van der Waals surface area contributed by atoms with Crippen LogP contribution in [0, 0.1) is 0 Å². The Balaban J connectivity index is 1.97. The summed E-state index contributed by atoms with van der Waals surface area (Å²) in [6.07, 6.45) is 2.21. The highest BCUT2D eigenvalue weighted by molar-refractivity contribution is 7.92. The monoisotopic (exact) mass is 344 g/mol. The molecule has 0 aliphatic carbocycles. The van der Waals surface area contributed by atoms with E-state index in [2.05, 4.69) is 5.32 Å². The van der Waals surface area contributed by atoms with Crippen molar-refractivity contribution < 1.29 is 16.8 Å². The first-order valence-electron chi connectivity index (χ1n) is 7.38. The third kappa shape index (κ3) is 2.68. The van der Waals surface area contributed by atoms with Crippen LogP contribution in [0.3, 0.4) is 0 Å². The lowest BCUT2D eigenvalue weighted by Gasteiger charge is -2.31. The number of benzene rings is 1. The standard InChI is InChI=1S/C14H20N2O4S2/c1-15-12-3-2-7-16(10-12)22(19,20)13-5-4-11-6-8-21(17,18)14(11)9-13/h4-5,9,12,15H,2-3,6-8,10H2,1H3. The summed E-state index contributed by atoms with van der Waals surface area (Å²) in [7, 11) is -5.16. The maximum absolute atomic E-state index is 12.8. The first kappa shape index (κ1) is 15.9. The number of hydrogen-bond acceptors (Lipinski definition) is 5. The summed E-state index contributed by atoms with van der Waals surface area (Å²) in [6.45, 7) is 0.896. The lowest BCUT2D eigenvalue weighted by molar-refractivity contribution is 0.293. The van der Waals surface area contributed by atoms with E-state index in [-0.39, 0.29) is 21.6 Å². The summed E-state index contributed by atoms with van der Waals surface area (Å²) < 4.78 is 50.9. The maximum Gasteiger partial charge on any atom is 0.243 e. The number of rotatable bonds is 3. The molecular formula is C14H20N2O4S2. The molecule has 1 N–H and O–H groups in total. The molecule has 1 saturated heterocycles. The smallest absolute Gasteiger partial charge is 0.243 e. The SMILES string of the molecule is CNC1CCCN(S(=O)(=O)c2ccc3c(c2)S(=O)(=O)CC3)C1. The van der Waals surface area contributed by atoms with Crippen LogP contribution >= 0.6 is 0 Å². The van der Waals surface area contributed by atoms with Crippen molar-refractivity contribution in [2.75, 3.05) is 25.9 Å². The Bertz CT molecular complexity index is 787. The van der Waals surface area contributed by atoms with E-state index in [1.165, 1.54) is 16.4 Å². The number of hydrogen-bond donors (Lipinski definition) is 1. The minimum absolute atomic E-state index is 0.0668. The zero-order valence-electron chi connectivity index (χ0n) is 12.4. The molecule has 0 saturated carbocycles. The van der Waals surface area contributed by atoms with E-state index < -0.39 is 19.9 Å². The Morgan fingerprint density at radius 2 is 2.09 bits per heavy atom. The lowest BCUT2D eigenvalue weighted by Crippen LogP contribution is -2.46. The summed E-state index contributed by atoms with van der Waals surface area (Å²) in [5.41, 5.74) is 0.714. The van der Waals surface area contributed by atoms with Crippen molar-refractivity contribution in [3.05, 3.63) is 23.8 Å². The fraction of sp³-hybridized carbons (Fsp3) is 0.571. The van der Waals surface area contributed by atoms with Gasteiger partial charge in [-0.05, 0) is 44.0 Å². The summed E-state index contributed by atoms with van der Waals surface area (Å²) in [4.78, 5) is 0.254. The number of nitrogens with one attached hydrogen (secondary N) is 1. The van der Waals surface area contributed by atoms with Crippen molar-refractivity contribution in [2.24, 2.45) is 0 Å². The molecule has 0 spiro atoms. The fourth-order valence-corrected chi connectivity index (χ4v) is 6.30. The van der Waals surface area contributed by atoms with Gasteiger partial charge >= 0.3 is 0 Å². The number of aryl methyl sites for hydroxylation is 1. The highest BCUT2D eigenvalue weighted by Gasteiger charge is 2.32. The van der Waals surface area contributed by atoms with Gasteiger partial charge in [0.1, 0.15) is 0 Å². The molecule has 1 atom stereocenters. The zero-order chi connectivity index (χ0) is 16.0. The van der Waals surface area contributed by atoms with E-state index in [0.717, 1.165) is 12.8 Å². The second kappa shape index (κ2) is 5.59. The van der Waals surface area contributed by atoms with Gasteiger partial charge in [-0.15, -0.1) is 0 Å². The van der Waals surface area contributed by atoms with Gasteiger partial charge in [-0.3, -0.25) is 0 Å². The molecule has 8 heteroatoms. The van der Waals surface area contributed by atoms with Crippen LogP contribution in [0.15, 0.2) is 28.0 Å². The van der Waals surface area contributed by atoms with E-state index >= 15 is 0 Å². The van der Waals surface area contributed by atoms with Gasteiger partial charge in [0.25, 0.3) is 0 Å². The van der Waals surface area contributed by atoms with Gasteiger partial charge in [0.05, 0.1) is 15.5 Å². The predicted molar refractivity (Wildman–Crippen MR) is 83.0 cm³/mol. The van der Waals surface area contributed by atoms with Crippen molar-refractivity contribution in [1.82, 2.24) is 9.62 Å². The van der Waals surface area contributed by atoms with Gasteiger partial charge in [-0.25, -0.2) is 16.8 Å². The minimum Gasteiger partial charge on any atom is -0.316 e. The molecule has 0 aromatic heterocycles. The van der Waals surface area contributed by atoms with Crippen LogP contribution in [-0.2, 0) is 26.3 Å². The second-order valence-corrected chi connectivity index (χ2v) is 9.84. The number of piperidine rings is 1. The molecule has 0 radical (unpaired) electrons. The molecule has 6 nitrogen and oxygen atoms in total. The number of sulfonamides is 1. The minimum atomic E-state index is -3.65. The van der Waals surface area contributed by atoms with Gasteiger partial charge in [0.2, 0.25) is 10.0 Å². The summed E-state index contributed by atoms with van der Waals surface area (Å²) >= 11 is 0. The van der Waals surface area contributed by atoms with E-state index in [0.29, 0.717) is 25.1 Å². The molecule has 2 aliphatic heterocycles. The highest BCUT2D eigenvalue weighted by atomic mass is 32.2. The van der Waals surface area contributed by atoms with E-state index in [1.807, 2.05) is 7.05 Å². The molecule has 3 rings (SSSR count). The van der Waals surface area contributed by atoms with Crippen molar-refractivity contribution in [2.45, 2.75) is 35.1 Å². The summed E-state index contributed by atoms with van der Waals surface area (Å²) in [6, 6.07) is 4.63. The average molecular weight is 344 g/mol. The van der Waals surface area contributed by atoms with E-state index in [1.54, 1.807) is 6.07 Å².